The maximum absolute atomic E-state index is 12.7. The SMILES string of the molecule is CC(=O)NC1C(=O)N(CCOc2ccccc2)c2ccc(Br)cc21. The molecule has 0 aliphatic carbocycles. The molecule has 6 heteroatoms. The highest BCUT2D eigenvalue weighted by Gasteiger charge is 2.37. The molecule has 0 spiro atoms. The highest BCUT2D eigenvalue weighted by molar-refractivity contribution is 9.10. The Bertz CT molecular complexity index is 764. The van der Waals surface area contributed by atoms with Gasteiger partial charge < -0.3 is 15.0 Å². The van der Waals surface area contributed by atoms with Crippen molar-refractivity contribution in [1.82, 2.24) is 5.32 Å². The van der Waals surface area contributed by atoms with E-state index in [1.165, 1.54) is 6.92 Å². The molecule has 2 aromatic rings. The van der Waals surface area contributed by atoms with Gasteiger partial charge in [0.2, 0.25) is 5.91 Å². The number of nitrogens with zero attached hydrogens (tertiary/aromatic N) is 1. The van der Waals surface area contributed by atoms with Gasteiger partial charge in [0.05, 0.1) is 6.54 Å². The number of carbonyl (C=O) groups is 2. The second-order valence-electron chi connectivity index (χ2n) is 5.49. The van der Waals surface area contributed by atoms with Gasteiger partial charge in [-0.2, -0.15) is 0 Å². The maximum Gasteiger partial charge on any atom is 0.254 e. The van der Waals surface area contributed by atoms with Crippen LogP contribution >= 0.6 is 15.9 Å². The molecule has 1 aliphatic rings. The van der Waals surface area contributed by atoms with Crippen molar-refractivity contribution in [3.05, 3.63) is 58.6 Å². The molecule has 0 aromatic heterocycles. The van der Waals surface area contributed by atoms with E-state index in [0.717, 1.165) is 21.5 Å². The van der Waals surface area contributed by atoms with Crippen molar-refractivity contribution in [2.45, 2.75) is 13.0 Å². The summed E-state index contributed by atoms with van der Waals surface area (Å²) in [6, 6.07) is 14.4. The fraction of sp³-hybridized carbons (Fsp3) is 0.222. The summed E-state index contributed by atoms with van der Waals surface area (Å²) < 4.78 is 6.55. The Kier molecular flexibility index (Phi) is 4.85. The zero-order valence-electron chi connectivity index (χ0n) is 13.2. The molecule has 0 saturated heterocycles. The average Bonchev–Trinajstić information content (AvgIpc) is 2.80. The summed E-state index contributed by atoms with van der Waals surface area (Å²) in [7, 11) is 0. The van der Waals surface area contributed by atoms with E-state index in [4.69, 9.17) is 4.74 Å². The van der Waals surface area contributed by atoms with E-state index in [2.05, 4.69) is 21.2 Å². The Morgan fingerprint density at radius 3 is 2.71 bits per heavy atom. The molecule has 1 heterocycles. The molecule has 0 radical (unpaired) electrons. The first-order valence-corrected chi connectivity index (χ1v) is 8.41. The number of ether oxygens (including phenoxy) is 1. The number of hydrogen-bond acceptors (Lipinski definition) is 3. The third-order valence-electron chi connectivity index (χ3n) is 3.78. The molecule has 1 atom stereocenters. The highest BCUT2D eigenvalue weighted by Crippen LogP contribution is 2.37. The molecule has 0 bridgehead atoms. The average molecular weight is 389 g/mol. The number of nitrogens with one attached hydrogen (secondary N) is 1. The van der Waals surface area contributed by atoms with Gasteiger partial charge in [0.25, 0.3) is 5.91 Å². The number of carbonyl (C=O) groups excluding carboxylic acids is 2. The second-order valence-corrected chi connectivity index (χ2v) is 6.40. The molecule has 0 saturated carbocycles. The van der Waals surface area contributed by atoms with Crippen molar-refractivity contribution in [2.24, 2.45) is 0 Å². The van der Waals surface area contributed by atoms with E-state index >= 15 is 0 Å². The highest BCUT2D eigenvalue weighted by atomic mass is 79.9. The van der Waals surface area contributed by atoms with E-state index < -0.39 is 6.04 Å². The largest absolute Gasteiger partial charge is 0.492 e. The van der Waals surface area contributed by atoms with Crippen molar-refractivity contribution in [3.8, 4) is 5.75 Å². The van der Waals surface area contributed by atoms with Crippen LogP contribution in [0.15, 0.2) is 53.0 Å². The summed E-state index contributed by atoms with van der Waals surface area (Å²) in [4.78, 5) is 25.8. The lowest BCUT2D eigenvalue weighted by Crippen LogP contribution is -2.38. The molecule has 2 aromatic carbocycles. The summed E-state index contributed by atoms with van der Waals surface area (Å²) in [5.41, 5.74) is 1.60. The third kappa shape index (κ3) is 3.43. The van der Waals surface area contributed by atoms with E-state index in [0.29, 0.717) is 13.2 Å². The standard InChI is InChI=1S/C18H17BrN2O3/c1-12(22)20-17-15-11-13(19)7-8-16(15)21(18(17)23)9-10-24-14-5-3-2-4-6-14/h2-8,11,17H,9-10H2,1H3,(H,20,22). The van der Waals surface area contributed by atoms with Crippen LogP contribution in [0, 0.1) is 0 Å². The van der Waals surface area contributed by atoms with Crippen LogP contribution in [0.5, 0.6) is 5.75 Å². The molecule has 1 unspecified atom stereocenters. The Balaban J connectivity index is 1.76. The normalized spacial score (nSPS) is 16.0. The minimum atomic E-state index is -0.647. The fourth-order valence-corrected chi connectivity index (χ4v) is 3.13. The van der Waals surface area contributed by atoms with Crippen LogP contribution in [-0.4, -0.2) is 25.0 Å². The minimum absolute atomic E-state index is 0.144. The molecular formula is C18H17BrN2O3. The van der Waals surface area contributed by atoms with E-state index in [1.807, 2.05) is 48.5 Å². The first kappa shape index (κ1) is 16.5. The number of anilines is 1. The fourth-order valence-electron chi connectivity index (χ4n) is 2.75. The maximum atomic E-state index is 12.7. The quantitative estimate of drug-likeness (QED) is 0.855. The van der Waals surface area contributed by atoms with Crippen molar-refractivity contribution < 1.29 is 14.3 Å². The van der Waals surface area contributed by atoms with Crippen molar-refractivity contribution in [1.29, 1.82) is 0 Å². The third-order valence-corrected chi connectivity index (χ3v) is 4.27. The molecule has 124 valence electrons. The summed E-state index contributed by atoms with van der Waals surface area (Å²) >= 11 is 3.41. The Morgan fingerprint density at radius 1 is 1.25 bits per heavy atom. The molecule has 5 nitrogen and oxygen atoms in total. The molecule has 1 N–H and O–H groups in total. The first-order chi connectivity index (χ1) is 11.6. The Morgan fingerprint density at radius 2 is 2.00 bits per heavy atom. The van der Waals surface area contributed by atoms with Gasteiger partial charge in [0.1, 0.15) is 18.4 Å². The van der Waals surface area contributed by atoms with Gasteiger partial charge >= 0.3 is 0 Å². The van der Waals surface area contributed by atoms with Gasteiger partial charge in [0, 0.05) is 22.6 Å². The van der Waals surface area contributed by atoms with E-state index in [1.54, 1.807) is 4.90 Å². The van der Waals surface area contributed by atoms with Crippen molar-refractivity contribution in [2.75, 3.05) is 18.1 Å². The van der Waals surface area contributed by atoms with Crippen LogP contribution in [0.3, 0.4) is 0 Å². The molecular weight excluding hydrogens is 372 g/mol. The molecule has 2 amide bonds. The smallest absolute Gasteiger partial charge is 0.254 e. The van der Waals surface area contributed by atoms with Gasteiger partial charge in [-0.15, -0.1) is 0 Å². The predicted octanol–water partition coefficient (Wildman–Crippen LogP) is 3.05. The first-order valence-electron chi connectivity index (χ1n) is 7.62. The van der Waals surface area contributed by atoms with Crippen molar-refractivity contribution >= 4 is 33.4 Å². The van der Waals surface area contributed by atoms with Gasteiger partial charge in [0.15, 0.2) is 0 Å². The Hall–Kier alpha value is -2.34. The molecule has 3 rings (SSSR count). The molecule has 0 fully saturated rings. The minimum Gasteiger partial charge on any atom is -0.492 e. The lowest BCUT2D eigenvalue weighted by molar-refractivity contribution is -0.126. The topological polar surface area (TPSA) is 58.6 Å². The van der Waals surface area contributed by atoms with Gasteiger partial charge in [-0.1, -0.05) is 34.1 Å². The van der Waals surface area contributed by atoms with Gasteiger partial charge in [-0.3, -0.25) is 9.59 Å². The summed E-state index contributed by atoms with van der Waals surface area (Å²) in [5.74, 6) is 0.384. The number of fused-ring (bicyclic) bond motifs is 1. The number of rotatable bonds is 5. The van der Waals surface area contributed by atoms with Crippen LogP contribution in [0.1, 0.15) is 18.5 Å². The van der Waals surface area contributed by atoms with Crippen LogP contribution < -0.4 is 15.0 Å². The van der Waals surface area contributed by atoms with Crippen LogP contribution in [0.2, 0.25) is 0 Å². The van der Waals surface area contributed by atoms with Crippen LogP contribution in [0.4, 0.5) is 5.69 Å². The van der Waals surface area contributed by atoms with E-state index in [-0.39, 0.29) is 11.8 Å². The molecule has 1 aliphatic heterocycles. The van der Waals surface area contributed by atoms with Crippen LogP contribution in [0.25, 0.3) is 0 Å². The number of benzene rings is 2. The summed E-state index contributed by atoms with van der Waals surface area (Å²) in [6.07, 6.45) is 0. The second kappa shape index (κ2) is 7.05. The predicted molar refractivity (Wildman–Crippen MR) is 95.0 cm³/mol. The number of amides is 2. The number of hydrogen-bond donors (Lipinski definition) is 1. The zero-order valence-corrected chi connectivity index (χ0v) is 14.7. The zero-order chi connectivity index (χ0) is 17.1. The number of para-hydroxylation sites is 1. The van der Waals surface area contributed by atoms with Gasteiger partial charge in [-0.05, 0) is 30.3 Å². The molecule has 24 heavy (non-hydrogen) atoms. The van der Waals surface area contributed by atoms with Crippen LogP contribution in [-0.2, 0) is 9.59 Å². The van der Waals surface area contributed by atoms with Crippen molar-refractivity contribution in [3.63, 3.8) is 0 Å². The Labute approximate surface area is 148 Å². The summed E-state index contributed by atoms with van der Waals surface area (Å²) in [5, 5.41) is 2.72. The number of halogens is 1. The summed E-state index contributed by atoms with van der Waals surface area (Å²) in [6.45, 7) is 2.20. The monoisotopic (exact) mass is 388 g/mol. The van der Waals surface area contributed by atoms with E-state index in [9.17, 15) is 9.59 Å². The lowest BCUT2D eigenvalue weighted by Gasteiger charge is -2.18. The lowest BCUT2D eigenvalue weighted by atomic mass is 10.1. The van der Waals surface area contributed by atoms with Gasteiger partial charge in [-0.25, -0.2) is 0 Å².